The van der Waals surface area contributed by atoms with E-state index in [4.69, 9.17) is 0 Å². The lowest BCUT2D eigenvalue weighted by atomic mass is 10.1. The van der Waals surface area contributed by atoms with Gasteiger partial charge in [-0.25, -0.2) is 4.39 Å². The van der Waals surface area contributed by atoms with E-state index in [0.717, 1.165) is 6.07 Å². The highest BCUT2D eigenvalue weighted by Gasteiger charge is 2.41. The Morgan fingerprint density at radius 1 is 1.05 bits per heavy atom. The van der Waals surface area contributed by atoms with Crippen molar-refractivity contribution in [2.75, 3.05) is 0 Å². The summed E-state index contributed by atoms with van der Waals surface area (Å²) in [5.74, 6) is 0.502. The van der Waals surface area contributed by atoms with Gasteiger partial charge in [-0.05, 0) is 61.3 Å². The van der Waals surface area contributed by atoms with Crippen LogP contribution in [0, 0.1) is 17.7 Å². The first-order chi connectivity index (χ1) is 9.43. The van der Waals surface area contributed by atoms with E-state index in [1.54, 1.807) is 0 Å². The summed E-state index contributed by atoms with van der Waals surface area (Å²) in [4.78, 5) is 0. The molecular formula is C15H17F4N. The van der Waals surface area contributed by atoms with Crippen LogP contribution in [0.25, 0.3) is 0 Å². The van der Waals surface area contributed by atoms with Crippen LogP contribution in [-0.2, 0) is 12.7 Å². The second kappa shape index (κ2) is 5.02. The molecule has 1 aromatic carbocycles. The Bertz CT molecular complexity index is 477. The fourth-order valence-corrected chi connectivity index (χ4v) is 2.78. The minimum Gasteiger partial charge on any atom is -0.309 e. The predicted molar refractivity (Wildman–Crippen MR) is 67.5 cm³/mol. The topological polar surface area (TPSA) is 12.0 Å². The number of halogens is 4. The van der Waals surface area contributed by atoms with Crippen molar-refractivity contribution < 1.29 is 17.6 Å². The number of hydrogen-bond acceptors (Lipinski definition) is 1. The maximum atomic E-state index is 13.3. The molecule has 0 unspecified atom stereocenters. The van der Waals surface area contributed by atoms with Crippen LogP contribution in [0.15, 0.2) is 18.2 Å². The van der Waals surface area contributed by atoms with Gasteiger partial charge in [0.25, 0.3) is 0 Å². The molecule has 1 aromatic rings. The first kappa shape index (κ1) is 13.9. The number of benzene rings is 1. The number of hydrogen-bond donors (Lipinski definition) is 1. The molecule has 0 amide bonds. The molecule has 2 saturated carbocycles. The highest BCUT2D eigenvalue weighted by molar-refractivity contribution is 5.27. The maximum absolute atomic E-state index is 13.3. The summed E-state index contributed by atoms with van der Waals surface area (Å²) in [7, 11) is 0. The van der Waals surface area contributed by atoms with Gasteiger partial charge >= 0.3 is 6.18 Å². The van der Waals surface area contributed by atoms with Crippen LogP contribution in [0.3, 0.4) is 0 Å². The molecule has 0 spiro atoms. The van der Waals surface area contributed by atoms with Gasteiger partial charge in [-0.1, -0.05) is 0 Å². The summed E-state index contributed by atoms with van der Waals surface area (Å²) >= 11 is 0. The lowest BCUT2D eigenvalue weighted by molar-refractivity contribution is -0.137. The molecule has 0 radical (unpaired) electrons. The Morgan fingerprint density at radius 3 is 2.15 bits per heavy atom. The van der Waals surface area contributed by atoms with Crippen molar-refractivity contribution in [3.63, 3.8) is 0 Å². The van der Waals surface area contributed by atoms with Crippen molar-refractivity contribution >= 4 is 0 Å². The van der Waals surface area contributed by atoms with Crippen LogP contribution in [-0.4, -0.2) is 6.04 Å². The summed E-state index contributed by atoms with van der Waals surface area (Å²) in [6.45, 7) is 0.304. The third-order valence-corrected chi connectivity index (χ3v) is 4.09. The summed E-state index contributed by atoms with van der Waals surface area (Å²) < 4.78 is 51.2. The quantitative estimate of drug-likeness (QED) is 0.803. The molecule has 0 heterocycles. The van der Waals surface area contributed by atoms with Crippen LogP contribution in [0.4, 0.5) is 17.6 Å². The van der Waals surface area contributed by atoms with Gasteiger partial charge < -0.3 is 5.32 Å². The molecule has 0 aromatic heterocycles. The maximum Gasteiger partial charge on any atom is 0.416 e. The molecule has 20 heavy (non-hydrogen) atoms. The number of alkyl halides is 3. The number of nitrogens with one attached hydrogen (secondary N) is 1. The molecular weight excluding hydrogens is 270 g/mol. The summed E-state index contributed by atoms with van der Waals surface area (Å²) in [6.07, 6.45) is 0.301. The summed E-state index contributed by atoms with van der Waals surface area (Å²) in [6, 6.07) is 3.15. The normalized spacial score (nSPS) is 19.6. The van der Waals surface area contributed by atoms with Crippen LogP contribution in [0.2, 0.25) is 0 Å². The van der Waals surface area contributed by atoms with E-state index in [1.807, 2.05) is 0 Å². The smallest absolute Gasteiger partial charge is 0.309 e. The molecule has 110 valence electrons. The van der Waals surface area contributed by atoms with Gasteiger partial charge in [0, 0.05) is 12.6 Å². The molecule has 2 fully saturated rings. The fourth-order valence-electron chi connectivity index (χ4n) is 2.78. The standard InChI is InChI=1S/C15H17F4N/c16-13-6-9(5-12(7-13)15(17,18)19)8-20-14(10-1-2-10)11-3-4-11/h5-7,10-11,14,20H,1-4,8H2. The molecule has 1 nitrogen and oxygen atoms in total. The van der Waals surface area contributed by atoms with E-state index in [2.05, 4.69) is 5.32 Å². The number of rotatable bonds is 5. The third kappa shape index (κ3) is 3.32. The Kier molecular flexibility index (Phi) is 3.48. The van der Waals surface area contributed by atoms with Crippen LogP contribution >= 0.6 is 0 Å². The molecule has 5 heteroatoms. The van der Waals surface area contributed by atoms with Crippen LogP contribution < -0.4 is 5.32 Å². The van der Waals surface area contributed by atoms with Crippen LogP contribution in [0.5, 0.6) is 0 Å². The first-order valence-corrected chi connectivity index (χ1v) is 7.03. The Hall–Kier alpha value is -1.10. The third-order valence-electron chi connectivity index (χ3n) is 4.09. The Morgan fingerprint density at radius 2 is 1.65 bits per heavy atom. The van der Waals surface area contributed by atoms with Crippen molar-refractivity contribution in [2.24, 2.45) is 11.8 Å². The predicted octanol–water partition coefficient (Wildman–Crippen LogP) is 4.12. The van der Waals surface area contributed by atoms with Gasteiger partial charge in [0.05, 0.1) is 5.56 Å². The van der Waals surface area contributed by atoms with Crippen molar-refractivity contribution in [2.45, 2.75) is 44.4 Å². The van der Waals surface area contributed by atoms with Gasteiger partial charge in [-0.15, -0.1) is 0 Å². The molecule has 3 rings (SSSR count). The summed E-state index contributed by atoms with van der Waals surface area (Å²) in [5, 5.41) is 3.33. The summed E-state index contributed by atoms with van der Waals surface area (Å²) in [5.41, 5.74) is -0.549. The molecule has 0 saturated heterocycles. The lowest BCUT2D eigenvalue weighted by Crippen LogP contribution is -2.32. The molecule has 2 aliphatic carbocycles. The van der Waals surface area contributed by atoms with E-state index in [9.17, 15) is 17.6 Å². The van der Waals surface area contributed by atoms with E-state index in [-0.39, 0.29) is 0 Å². The largest absolute Gasteiger partial charge is 0.416 e. The van der Waals surface area contributed by atoms with Crippen molar-refractivity contribution in [1.82, 2.24) is 5.32 Å². The molecule has 0 bridgehead atoms. The minimum absolute atomic E-state index is 0.304. The van der Waals surface area contributed by atoms with Crippen LogP contribution in [0.1, 0.15) is 36.8 Å². The van der Waals surface area contributed by atoms with E-state index in [1.165, 1.54) is 31.7 Å². The highest BCUT2D eigenvalue weighted by atomic mass is 19.4. The zero-order valence-corrected chi connectivity index (χ0v) is 11.0. The SMILES string of the molecule is Fc1cc(CNC(C2CC2)C2CC2)cc(C(F)(F)F)c1. The molecule has 0 aliphatic heterocycles. The lowest BCUT2D eigenvalue weighted by Gasteiger charge is -2.18. The van der Waals surface area contributed by atoms with E-state index in [0.29, 0.717) is 36.1 Å². The minimum atomic E-state index is -4.50. The van der Waals surface area contributed by atoms with Gasteiger partial charge in [0.15, 0.2) is 0 Å². The van der Waals surface area contributed by atoms with Crippen molar-refractivity contribution in [3.8, 4) is 0 Å². The Balaban J connectivity index is 1.68. The van der Waals surface area contributed by atoms with Gasteiger partial charge in [0.1, 0.15) is 5.82 Å². The van der Waals surface area contributed by atoms with Gasteiger partial charge in [-0.3, -0.25) is 0 Å². The van der Waals surface area contributed by atoms with Crippen molar-refractivity contribution in [1.29, 1.82) is 0 Å². The van der Waals surface area contributed by atoms with Gasteiger partial charge in [0.2, 0.25) is 0 Å². The second-order valence-electron chi connectivity index (χ2n) is 5.93. The first-order valence-electron chi connectivity index (χ1n) is 7.03. The van der Waals surface area contributed by atoms with Gasteiger partial charge in [-0.2, -0.15) is 13.2 Å². The highest BCUT2D eigenvalue weighted by Crippen LogP contribution is 2.44. The van der Waals surface area contributed by atoms with Crippen molar-refractivity contribution in [3.05, 3.63) is 35.1 Å². The monoisotopic (exact) mass is 287 g/mol. The second-order valence-corrected chi connectivity index (χ2v) is 5.93. The molecule has 1 N–H and O–H groups in total. The molecule has 2 aliphatic rings. The zero-order chi connectivity index (χ0) is 14.3. The Labute approximate surface area is 115 Å². The average molecular weight is 287 g/mol. The molecule has 0 atom stereocenters. The van der Waals surface area contributed by atoms with E-state index < -0.39 is 17.6 Å². The fraction of sp³-hybridized carbons (Fsp3) is 0.600. The zero-order valence-electron chi connectivity index (χ0n) is 11.0. The van der Waals surface area contributed by atoms with E-state index >= 15 is 0 Å². The average Bonchev–Trinajstić information content (AvgIpc) is 3.22.